The lowest BCUT2D eigenvalue weighted by molar-refractivity contribution is -0.0186. The number of ether oxygens (including phenoxy) is 2. The highest BCUT2D eigenvalue weighted by Gasteiger charge is 2.25. The lowest BCUT2D eigenvalue weighted by atomic mass is 10.1. The highest BCUT2D eigenvalue weighted by molar-refractivity contribution is 7.66. The second-order valence-corrected chi connectivity index (χ2v) is 9.06. The quantitative estimate of drug-likeness (QED) is 0.755. The molecule has 140 valence electrons. The summed E-state index contributed by atoms with van der Waals surface area (Å²) >= 11 is 0. The Morgan fingerprint density at radius 1 is 1.15 bits per heavy atom. The second kappa shape index (κ2) is 8.83. The Kier molecular flexibility index (Phi) is 6.49. The summed E-state index contributed by atoms with van der Waals surface area (Å²) in [5.74, 6) is 0.734. The van der Waals surface area contributed by atoms with Gasteiger partial charge in [0.15, 0.2) is 0 Å². The molecule has 2 aromatic carbocycles. The van der Waals surface area contributed by atoms with E-state index in [9.17, 15) is 4.57 Å². The van der Waals surface area contributed by atoms with Crippen LogP contribution in [0.5, 0.6) is 5.75 Å². The molecule has 2 aromatic rings. The van der Waals surface area contributed by atoms with Crippen LogP contribution in [-0.2, 0) is 20.2 Å². The molecule has 5 nitrogen and oxygen atoms in total. The van der Waals surface area contributed by atoms with Crippen molar-refractivity contribution in [2.24, 2.45) is 0 Å². The monoisotopic (exact) mass is 375 g/mol. The SMILES string of the molecule is COc1ccc(P(C)(=O)OC[C@H]2CN[C@@H](Cc3ccccc3)CO2)cc1. The van der Waals surface area contributed by atoms with E-state index in [2.05, 4.69) is 17.4 Å². The lowest BCUT2D eigenvalue weighted by Crippen LogP contribution is -2.48. The normalized spacial score (nSPS) is 22.5. The van der Waals surface area contributed by atoms with Gasteiger partial charge in [0.05, 0.1) is 26.4 Å². The van der Waals surface area contributed by atoms with Crippen LogP contribution in [0.15, 0.2) is 54.6 Å². The van der Waals surface area contributed by atoms with Crippen molar-refractivity contribution < 1.29 is 18.6 Å². The van der Waals surface area contributed by atoms with E-state index in [1.807, 2.05) is 18.2 Å². The summed E-state index contributed by atoms with van der Waals surface area (Å²) in [5, 5.41) is 4.18. The van der Waals surface area contributed by atoms with Gasteiger partial charge in [-0.3, -0.25) is 4.57 Å². The molecule has 3 rings (SSSR count). The fourth-order valence-corrected chi connectivity index (χ4v) is 4.25. The van der Waals surface area contributed by atoms with Gasteiger partial charge in [-0.1, -0.05) is 30.3 Å². The first-order valence-corrected chi connectivity index (χ1v) is 10.9. The van der Waals surface area contributed by atoms with Crippen LogP contribution >= 0.6 is 7.37 Å². The van der Waals surface area contributed by atoms with Crippen molar-refractivity contribution in [3.63, 3.8) is 0 Å². The standard InChI is InChI=1S/C20H26NO4P/c1-23-18-8-10-20(11-9-18)26(2,22)25-15-19-13-21-17(14-24-19)12-16-6-4-3-5-7-16/h3-11,17,19,21H,12-15H2,1-2H3/t17-,19+,26?/m0/s1. The molecule has 6 heteroatoms. The van der Waals surface area contributed by atoms with Gasteiger partial charge in [-0.2, -0.15) is 0 Å². The van der Waals surface area contributed by atoms with Crippen LogP contribution < -0.4 is 15.4 Å². The number of morpholine rings is 1. The minimum absolute atomic E-state index is 0.0893. The molecule has 0 saturated carbocycles. The van der Waals surface area contributed by atoms with Crippen LogP contribution in [0.2, 0.25) is 0 Å². The summed E-state index contributed by atoms with van der Waals surface area (Å²) in [6.07, 6.45) is 0.848. The average Bonchev–Trinajstić information content (AvgIpc) is 2.68. The summed E-state index contributed by atoms with van der Waals surface area (Å²) in [6.45, 7) is 3.27. The minimum Gasteiger partial charge on any atom is -0.497 e. The van der Waals surface area contributed by atoms with Gasteiger partial charge in [-0.25, -0.2) is 0 Å². The summed E-state index contributed by atoms with van der Waals surface area (Å²) in [5.41, 5.74) is 1.29. The van der Waals surface area contributed by atoms with E-state index in [1.165, 1.54) is 5.56 Å². The third-order valence-corrected chi connectivity index (χ3v) is 6.42. The zero-order chi connectivity index (χ0) is 18.4. The molecule has 0 radical (unpaired) electrons. The van der Waals surface area contributed by atoms with E-state index in [4.69, 9.17) is 14.0 Å². The molecule has 0 amide bonds. The lowest BCUT2D eigenvalue weighted by Gasteiger charge is -2.31. The molecule has 1 heterocycles. The molecule has 1 N–H and O–H groups in total. The van der Waals surface area contributed by atoms with Gasteiger partial charge in [0.1, 0.15) is 5.75 Å². The number of hydrogen-bond acceptors (Lipinski definition) is 5. The number of rotatable bonds is 7. The van der Waals surface area contributed by atoms with Crippen LogP contribution in [0.3, 0.4) is 0 Å². The van der Waals surface area contributed by atoms with Crippen molar-refractivity contribution in [1.82, 2.24) is 5.32 Å². The zero-order valence-electron chi connectivity index (χ0n) is 15.3. The molecule has 1 fully saturated rings. The fourth-order valence-electron chi connectivity index (χ4n) is 2.96. The fraction of sp³-hybridized carbons (Fsp3) is 0.400. The maximum absolute atomic E-state index is 12.8. The van der Waals surface area contributed by atoms with Gasteiger partial charge < -0.3 is 19.3 Å². The third-order valence-electron chi connectivity index (χ3n) is 4.54. The van der Waals surface area contributed by atoms with Gasteiger partial charge in [-0.05, 0) is 36.2 Å². The van der Waals surface area contributed by atoms with E-state index in [-0.39, 0.29) is 6.10 Å². The highest BCUT2D eigenvalue weighted by atomic mass is 31.2. The number of nitrogens with one attached hydrogen (secondary N) is 1. The number of benzene rings is 2. The predicted octanol–water partition coefficient (Wildman–Crippen LogP) is 2.84. The van der Waals surface area contributed by atoms with Crippen LogP contribution in [0.25, 0.3) is 0 Å². The zero-order valence-corrected chi connectivity index (χ0v) is 16.2. The molecule has 1 aliphatic heterocycles. The van der Waals surface area contributed by atoms with Gasteiger partial charge in [0.2, 0.25) is 7.37 Å². The van der Waals surface area contributed by atoms with Crippen molar-refractivity contribution in [3.8, 4) is 5.75 Å². The van der Waals surface area contributed by atoms with Crippen molar-refractivity contribution in [3.05, 3.63) is 60.2 Å². The molecule has 0 bridgehead atoms. The first-order chi connectivity index (χ1) is 12.6. The average molecular weight is 375 g/mol. The first-order valence-electron chi connectivity index (χ1n) is 8.82. The van der Waals surface area contributed by atoms with Crippen molar-refractivity contribution in [2.75, 3.05) is 33.5 Å². The Morgan fingerprint density at radius 2 is 1.88 bits per heavy atom. The van der Waals surface area contributed by atoms with E-state index < -0.39 is 7.37 Å². The Hall–Kier alpha value is -1.65. The summed E-state index contributed by atoms with van der Waals surface area (Å²) < 4.78 is 29.6. The van der Waals surface area contributed by atoms with Crippen LogP contribution in [0, 0.1) is 0 Å². The van der Waals surface area contributed by atoms with Crippen molar-refractivity contribution in [2.45, 2.75) is 18.6 Å². The minimum atomic E-state index is -2.88. The largest absolute Gasteiger partial charge is 0.497 e. The smallest absolute Gasteiger partial charge is 0.229 e. The second-order valence-electron chi connectivity index (χ2n) is 6.59. The molecular weight excluding hydrogens is 349 g/mol. The molecule has 1 saturated heterocycles. The molecule has 0 aromatic heterocycles. The molecule has 3 atom stereocenters. The molecule has 0 aliphatic carbocycles. The molecule has 1 aliphatic rings. The number of hydrogen-bond donors (Lipinski definition) is 1. The van der Waals surface area contributed by atoms with Crippen LogP contribution in [0.4, 0.5) is 0 Å². The van der Waals surface area contributed by atoms with Crippen LogP contribution in [0.1, 0.15) is 5.56 Å². The first kappa shape index (κ1) is 19.1. The summed E-state index contributed by atoms with van der Waals surface area (Å²) in [4.78, 5) is 0. The topological polar surface area (TPSA) is 56.8 Å². The molecular formula is C20H26NO4P. The van der Waals surface area contributed by atoms with Gasteiger partial charge in [-0.15, -0.1) is 0 Å². The Bertz CT molecular complexity index is 727. The van der Waals surface area contributed by atoms with Gasteiger partial charge >= 0.3 is 0 Å². The molecule has 0 spiro atoms. The maximum atomic E-state index is 12.8. The number of methoxy groups -OCH3 is 1. The Labute approximate surface area is 155 Å². The maximum Gasteiger partial charge on any atom is 0.229 e. The third kappa shape index (κ3) is 5.18. The summed E-state index contributed by atoms with van der Waals surface area (Å²) in [7, 11) is -1.27. The van der Waals surface area contributed by atoms with Gasteiger partial charge in [0.25, 0.3) is 0 Å². The van der Waals surface area contributed by atoms with E-state index >= 15 is 0 Å². The van der Waals surface area contributed by atoms with Crippen molar-refractivity contribution >= 4 is 12.7 Å². The summed E-state index contributed by atoms with van der Waals surface area (Å²) in [6, 6.07) is 17.8. The van der Waals surface area contributed by atoms with E-state index in [0.29, 0.717) is 31.1 Å². The van der Waals surface area contributed by atoms with E-state index in [0.717, 1.165) is 12.2 Å². The highest BCUT2D eigenvalue weighted by Crippen LogP contribution is 2.41. The molecule has 1 unspecified atom stereocenters. The molecule has 26 heavy (non-hydrogen) atoms. The van der Waals surface area contributed by atoms with Crippen LogP contribution in [-0.4, -0.2) is 45.7 Å². The Morgan fingerprint density at radius 3 is 2.50 bits per heavy atom. The van der Waals surface area contributed by atoms with Gasteiger partial charge in [0, 0.05) is 24.6 Å². The van der Waals surface area contributed by atoms with Crippen molar-refractivity contribution in [1.29, 1.82) is 0 Å². The van der Waals surface area contributed by atoms with E-state index in [1.54, 1.807) is 38.0 Å². The predicted molar refractivity (Wildman–Crippen MR) is 104 cm³/mol. The Balaban J connectivity index is 1.46.